The van der Waals surface area contributed by atoms with Crippen molar-refractivity contribution in [2.45, 2.75) is 22.7 Å². The summed E-state index contributed by atoms with van der Waals surface area (Å²) in [7, 11) is 0. The monoisotopic (exact) mass is 302 g/mol. The lowest BCUT2D eigenvalue weighted by molar-refractivity contribution is -0.116. The summed E-state index contributed by atoms with van der Waals surface area (Å²) in [5.74, 6) is -0.432. The number of ketones is 1. The number of hydrogen-bond donors (Lipinski definition) is 0. The number of alkyl halides is 4. The van der Waals surface area contributed by atoms with Gasteiger partial charge in [0.2, 0.25) is 0 Å². The van der Waals surface area contributed by atoms with Gasteiger partial charge in [-0.15, -0.1) is 11.6 Å². The van der Waals surface area contributed by atoms with E-state index in [2.05, 4.69) is 0 Å². The van der Waals surface area contributed by atoms with Gasteiger partial charge in [-0.25, -0.2) is 0 Å². The highest BCUT2D eigenvalue weighted by molar-refractivity contribution is 8.00. The smallest absolute Gasteiger partial charge is 0.298 e. The molecule has 1 aromatic rings. The van der Waals surface area contributed by atoms with Gasteiger partial charge in [0, 0.05) is 9.92 Å². The summed E-state index contributed by atoms with van der Waals surface area (Å²) >= 11 is 11.1. The van der Waals surface area contributed by atoms with E-state index >= 15 is 0 Å². The molecule has 0 radical (unpaired) electrons. The van der Waals surface area contributed by atoms with Crippen LogP contribution in [0, 0.1) is 0 Å². The average molecular weight is 303 g/mol. The van der Waals surface area contributed by atoms with Crippen LogP contribution in [0.25, 0.3) is 0 Å². The summed E-state index contributed by atoms with van der Waals surface area (Å²) in [5.41, 5.74) is -4.36. The predicted molar refractivity (Wildman–Crippen MR) is 62.6 cm³/mol. The highest BCUT2D eigenvalue weighted by atomic mass is 35.5. The van der Waals surface area contributed by atoms with Gasteiger partial charge >= 0.3 is 5.51 Å². The molecule has 0 amide bonds. The van der Waals surface area contributed by atoms with Crippen LogP contribution in [-0.2, 0) is 4.79 Å². The van der Waals surface area contributed by atoms with E-state index in [9.17, 15) is 18.0 Å². The molecule has 1 unspecified atom stereocenters. The first kappa shape index (κ1) is 14.7. The second-order valence-corrected chi connectivity index (χ2v) is 5.18. The standard InChI is InChI=1S/C10H7Cl2F3OS/c1-5(16)9(12)7-4-6(11)2-3-8(7)17-10(13,14)15/h2-4,9H,1H3. The van der Waals surface area contributed by atoms with Crippen LogP contribution in [0.5, 0.6) is 0 Å². The Balaban J connectivity index is 3.17. The highest BCUT2D eigenvalue weighted by Gasteiger charge is 2.32. The zero-order valence-corrected chi connectivity index (χ0v) is 10.8. The van der Waals surface area contributed by atoms with Gasteiger partial charge in [-0.2, -0.15) is 13.2 Å². The molecule has 1 aromatic carbocycles. The summed E-state index contributed by atoms with van der Waals surface area (Å²) in [6, 6.07) is 3.80. The van der Waals surface area contributed by atoms with Crippen LogP contribution in [0.15, 0.2) is 23.1 Å². The van der Waals surface area contributed by atoms with Gasteiger partial charge in [0.1, 0.15) is 5.38 Å². The highest BCUT2D eigenvalue weighted by Crippen LogP contribution is 2.42. The van der Waals surface area contributed by atoms with Gasteiger partial charge in [0.15, 0.2) is 5.78 Å². The molecule has 0 spiro atoms. The first-order chi connectivity index (χ1) is 7.70. The van der Waals surface area contributed by atoms with E-state index in [0.717, 1.165) is 0 Å². The van der Waals surface area contributed by atoms with E-state index in [1.165, 1.54) is 25.1 Å². The number of rotatable bonds is 3. The molecule has 0 saturated carbocycles. The Kier molecular flexibility index (Phi) is 4.75. The van der Waals surface area contributed by atoms with E-state index in [0.29, 0.717) is 0 Å². The Morgan fingerprint density at radius 3 is 2.47 bits per heavy atom. The molecule has 0 saturated heterocycles. The molecule has 0 aromatic heterocycles. The third-order valence-electron chi connectivity index (χ3n) is 1.83. The molecule has 0 aliphatic rings. The van der Waals surface area contributed by atoms with Crippen LogP contribution in [0.4, 0.5) is 13.2 Å². The Hall–Kier alpha value is -0.390. The van der Waals surface area contributed by atoms with Crippen LogP contribution in [0.2, 0.25) is 5.02 Å². The van der Waals surface area contributed by atoms with Gasteiger partial charge < -0.3 is 0 Å². The van der Waals surface area contributed by atoms with Crippen molar-refractivity contribution >= 4 is 40.7 Å². The predicted octanol–water partition coefficient (Wildman–Crippen LogP) is 4.82. The summed E-state index contributed by atoms with van der Waals surface area (Å²) in [5, 5.41) is -0.892. The van der Waals surface area contributed by atoms with Crippen molar-refractivity contribution in [2.24, 2.45) is 0 Å². The van der Waals surface area contributed by atoms with E-state index in [1.54, 1.807) is 0 Å². The van der Waals surface area contributed by atoms with E-state index in [4.69, 9.17) is 23.2 Å². The quantitative estimate of drug-likeness (QED) is 0.588. The van der Waals surface area contributed by atoms with Crippen LogP contribution in [-0.4, -0.2) is 11.3 Å². The SMILES string of the molecule is CC(=O)C(Cl)c1cc(Cl)ccc1SC(F)(F)F. The lowest BCUT2D eigenvalue weighted by Crippen LogP contribution is -2.06. The van der Waals surface area contributed by atoms with Gasteiger partial charge in [-0.3, -0.25) is 4.79 Å². The van der Waals surface area contributed by atoms with Crippen LogP contribution >= 0.6 is 35.0 Å². The fourth-order valence-corrected chi connectivity index (χ4v) is 2.26. The van der Waals surface area contributed by atoms with Crippen LogP contribution in [0.3, 0.4) is 0 Å². The molecule has 1 nitrogen and oxygen atoms in total. The van der Waals surface area contributed by atoms with Gasteiger partial charge in [0.05, 0.1) is 0 Å². The third-order valence-corrected chi connectivity index (χ3v) is 3.43. The number of thioether (sulfide) groups is 1. The molecule has 17 heavy (non-hydrogen) atoms. The molecule has 0 aliphatic carbocycles. The number of carbonyl (C=O) groups excluding carboxylic acids is 1. The van der Waals surface area contributed by atoms with Crippen LogP contribution in [0.1, 0.15) is 17.9 Å². The fraction of sp³-hybridized carbons (Fsp3) is 0.300. The van der Waals surface area contributed by atoms with Crippen molar-refractivity contribution in [2.75, 3.05) is 0 Å². The normalized spacial score (nSPS) is 13.5. The zero-order chi connectivity index (χ0) is 13.2. The van der Waals surface area contributed by atoms with Crippen molar-refractivity contribution in [3.63, 3.8) is 0 Å². The van der Waals surface area contributed by atoms with Gasteiger partial charge in [0.25, 0.3) is 0 Å². The number of Topliss-reactive ketones (excluding diaryl/α,β-unsaturated/α-hetero) is 1. The molecular formula is C10H7Cl2F3OS. The molecule has 0 aliphatic heterocycles. The summed E-state index contributed by atoms with van der Waals surface area (Å²) in [6.45, 7) is 1.21. The first-order valence-corrected chi connectivity index (χ1v) is 6.03. The maximum absolute atomic E-state index is 12.3. The lowest BCUT2D eigenvalue weighted by atomic mass is 10.1. The van der Waals surface area contributed by atoms with E-state index in [-0.39, 0.29) is 27.2 Å². The van der Waals surface area contributed by atoms with Crippen molar-refractivity contribution in [3.8, 4) is 0 Å². The van der Waals surface area contributed by atoms with Crippen molar-refractivity contribution in [1.82, 2.24) is 0 Å². The zero-order valence-electron chi connectivity index (χ0n) is 8.52. The molecule has 0 heterocycles. The average Bonchev–Trinajstić information content (AvgIpc) is 2.17. The molecule has 0 fully saturated rings. The molecule has 7 heteroatoms. The van der Waals surface area contributed by atoms with E-state index in [1.807, 2.05) is 0 Å². The number of carbonyl (C=O) groups is 1. The third kappa shape index (κ3) is 4.41. The maximum Gasteiger partial charge on any atom is 0.446 e. The van der Waals surface area contributed by atoms with Gasteiger partial charge in [-0.1, -0.05) is 11.6 Å². The molecule has 0 bridgehead atoms. The minimum absolute atomic E-state index is 0.0778. The molecule has 0 N–H and O–H groups in total. The van der Waals surface area contributed by atoms with E-state index < -0.39 is 16.7 Å². The molecular weight excluding hydrogens is 296 g/mol. The van der Waals surface area contributed by atoms with Crippen LogP contribution < -0.4 is 0 Å². The Morgan fingerprint density at radius 2 is 2.00 bits per heavy atom. The van der Waals surface area contributed by atoms with Crippen molar-refractivity contribution < 1.29 is 18.0 Å². The minimum Gasteiger partial charge on any atom is -0.298 e. The maximum atomic E-state index is 12.3. The number of hydrogen-bond acceptors (Lipinski definition) is 2. The van der Waals surface area contributed by atoms with Gasteiger partial charge in [-0.05, 0) is 42.4 Å². The summed E-state index contributed by atoms with van der Waals surface area (Å²) < 4.78 is 36.9. The Labute approximate surface area is 110 Å². The lowest BCUT2D eigenvalue weighted by Gasteiger charge is -2.14. The molecule has 1 atom stereocenters. The van der Waals surface area contributed by atoms with Crippen molar-refractivity contribution in [3.05, 3.63) is 28.8 Å². The molecule has 1 rings (SSSR count). The Bertz CT molecular complexity index is 434. The number of halogens is 5. The van der Waals surface area contributed by atoms with Crippen molar-refractivity contribution in [1.29, 1.82) is 0 Å². The largest absolute Gasteiger partial charge is 0.446 e. The second-order valence-electron chi connectivity index (χ2n) is 3.20. The Morgan fingerprint density at radius 1 is 1.41 bits per heavy atom. The number of benzene rings is 1. The minimum atomic E-state index is -4.43. The topological polar surface area (TPSA) is 17.1 Å². The fourth-order valence-electron chi connectivity index (χ4n) is 1.15. The summed E-state index contributed by atoms with van der Waals surface area (Å²) in [4.78, 5) is 11.0. The molecule has 94 valence electrons. The second kappa shape index (κ2) is 5.50. The summed E-state index contributed by atoms with van der Waals surface area (Å²) in [6.07, 6.45) is 0. The first-order valence-electron chi connectivity index (χ1n) is 4.40.